The van der Waals surface area contributed by atoms with Gasteiger partial charge in [-0.3, -0.25) is 9.59 Å². The van der Waals surface area contributed by atoms with Gasteiger partial charge in [0.05, 0.1) is 0 Å². The van der Waals surface area contributed by atoms with E-state index >= 15 is 0 Å². The van der Waals surface area contributed by atoms with Crippen molar-refractivity contribution in [2.75, 3.05) is 13.1 Å². The third-order valence-corrected chi connectivity index (χ3v) is 3.61. The van der Waals surface area contributed by atoms with E-state index in [4.69, 9.17) is 4.74 Å². The topological polar surface area (TPSA) is 108 Å². The van der Waals surface area contributed by atoms with Crippen molar-refractivity contribution in [3.05, 3.63) is 42.5 Å². The van der Waals surface area contributed by atoms with E-state index in [0.29, 0.717) is 5.56 Å². The van der Waals surface area contributed by atoms with Crippen LogP contribution in [0.2, 0.25) is 0 Å². The van der Waals surface area contributed by atoms with Crippen LogP contribution in [-0.4, -0.2) is 52.6 Å². The van der Waals surface area contributed by atoms with Crippen LogP contribution in [0.1, 0.15) is 46.2 Å². The number of carbonyl (C=O) groups excluding carboxylic acids is 3. The maximum Gasteiger partial charge on any atom is 0.408 e. The minimum atomic E-state index is -1.00. The van der Waals surface area contributed by atoms with Gasteiger partial charge in [0.1, 0.15) is 23.9 Å². The molecule has 0 spiro atoms. The number of phenolic OH excluding ortho intramolecular Hbond substituents is 1. The quantitative estimate of drug-likeness (QED) is 0.576. The summed E-state index contributed by atoms with van der Waals surface area (Å²) in [4.78, 5) is 38.9. The van der Waals surface area contributed by atoms with E-state index in [9.17, 15) is 19.5 Å². The molecule has 0 aromatic heterocycles. The molecule has 1 atom stereocenters. The lowest BCUT2D eigenvalue weighted by Crippen LogP contribution is -2.48. The molecule has 3 N–H and O–H groups in total. The molecule has 1 aromatic carbocycles. The van der Waals surface area contributed by atoms with E-state index in [1.165, 1.54) is 23.1 Å². The van der Waals surface area contributed by atoms with Crippen molar-refractivity contribution in [1.29, 1.82) is 0 Å². The predicted molar refractivity (Wildman–Crippen MR) is 110 cm³/mol. The molecular weight excluding hydrogens is 374 g/mol. The number of nitrogens with one attached hydrogen (secondary N) is 2. The Kier molecular flexibility index (Phi) is 8.69. The number of aromatic hydroxyl groups is 1. The molecule has 0 aliphatic heterocycles. The average Bonchev–Trinajstić information content (AvgIpc) is 2.57. The van der Waals surface area contributed by atoms with Crippen LogP contribution in [0.4, 0.5) is 4.79 Å². The summed E-state index contributed by atoms with van der Waals surface area (Å²) in [6.45, 7) is 12.1. The van der Waals surface area contributed by atoms with E-state index in [0.717, 1.165) is 0 Å². The Bertz CT molecular complexity index is 740. The largest absolute Gasteiger partial charge is 0.508 e. The second-order valence-electron chi connectivity index (χ2n) is 7.85. The Morgan fingerprint density at radius 1 is 1.28 bits per heavy atom. The lowest BCUT2D eigenvalue weighted by molar-refractivity contribution is -0.139. The average molecular weight is 405 g/mol. The fraction of sp³-hybridized carbons (Fsp3) is 0.476. The van der Waals surface area contributed by atoms with E-state index in [2.05, 4.69) is 17.2 Å². The first-order valence-electron chi connectivity index (χ1n) is 9.41. The molecule has 0 aliphatic rings. The van der Waals surface area contributed by atoms with E-state index in [1.807, 2.05) is 0 Å². The normalized spacial score (nSPS) is 12.1. The molecule has 3 amide bonds. The van der Waals surface area contributed by atoms with E-state index < -0.39 is 29.6 Å². The Morgan fingerprint density at radius 2 is 1.93 bits per heavy atom. The Labute approximate surface area is 171 Å². The van der Waals surface area contributed by atoms with E-state index in [-0.39, 0.29) is 24.9 Å². The molecule has 0 aliphatic carbocycles. The molecule has 0 heterocycles. The van der Waals surface area contributed by atoms with Crippen molar-refractivity contribution in [1.82, 2.24) is 15.5 Å². The van der Waals surface area contributed by atoms with Crippen molar-refractivity contribution in [3.63, 3.8) is 0 Å². The molecule has 1 rings (SSSR count). The van der Waals surface area contributed by atoms with Crippen LogP contribution < -0.4 is 10.6 Å². The van der Waals surface area contributed by atoms with Crippen LogP contribution in [0.5, 0.6) is 5.75 Å². The number of alkyl carbamates (subject to hydrolysis) is 1. The van der Waals surface area contributed by atoms with Gasteiger partial charge >= 0.3 is 6.09 Å². The number of hydrogen-bond donors (Lipinski definition) is 3. The summed E-state index contributed by atoms with van der Waals surface area (Å²) in [7, 11) is 0. The fourth-order valence-electron chi connectivity index (χ4n) is 2.58. The molecule has 8 heteroatoms. The monoisotopic (exact) mass is 405 g/mol. The highest BCUT2D eigenvalue weighted by molar-refractivity contribution is 5.90. The first kappa shape index (κ1) is 24.0. The summed E-state index contributed by atoms with van der Waals surface area (Å²) < 4.78 is 5.14. The second-order valence-corrected chi connectivity index (χ2v) is 7.85. The number of rotatable bonds is 8. The van der Waals surface area contributed by atoms with Crippen LogP contribution in [-0.2, 0) is 14.3 Å². The highest BCUT2D eigenvalue weighted by Crippen LogP contribution is 2.25. The van der Waals surface area contributed by atoms with Gasteiger partial charge in [-0.05, 0) is 52.3 Å². The SMILES string of the molecule is C=CCN(C(=O)CNC(=O)OC(C)(C)C)C(C(=O)NC(C)C)c1cccc(O)c1. The lowest BCUT2D eigenvalue weighted by atomic mass is 10.0. The standard InChI is InChI=1S/C21H31N3O5/c1-7-11-24(17(26)13-22-20(28)29-21(4,5)6)18(19(27)23-14(2)3)15-9-8-10-16(25)12-15/h7-10,12,14,18,25H,1,11,13H2,2-6H3,(H,22,28)(H,23,27). The van der Waals surface area contributed by atoms with Crippen molar-refractivity contribution < 1.29 is 24.2 Å². The van der Waals surface area contributed by atoms with Gasteiger partial charge in [-0.15, -0.1) is 6.58 Å². The van der Waals surface area contributed by atoms with Gasteiger partial charge < -0.3 is 25.4 Å². The smallest absolute Gasteiger partial charge is 0.408 e. The van der Waals surface area contributed by atoms with Gasteiger partial charge in [0, 0.05) is 12.6 Å². The van der Waals surface area contributed by atoms with Gasteiger partial charge in [-0.2, -0.15) is 0 Å². The molecule has 29 heavy (non-hydrogen) atoms. The second kappa shape index (κ2) is 10.5. The highest BCUT2D eigenvalue weighted by atomic mass is 16.6. The zero-order valence-corrected chi connectivity index (χ0v) is 17.7. The molecule has 0 radical (unpaired) electrons. The molecule has 0 fully saturated rings. The van der Waals surface area contributed by atoms with Crippen molar-refractivity contribution in [2.24, 2.45) is 0 Å². The third kappa shape index (κ3) is 8.25. The molecule has 0 saturated heterocycles. The molecule has 1 unspecified atom stereocenters. The lowest BCUT2D eigenvalue weighted by Gasteiger charge is -2.31. The Balaban J connectivity index is 3.11. The number of benzene rings is 1. The fourth-order valence-corrected chi connectivity index (χ4v) is 2.58. The zero-order chi connectivity index (χ0) is 22.2. The summed E-state index contributed by atoms with van der Waals surface area (Å²) in [5.41, 5.74) is -0.259. The number of ether oxygens (including phenoxy) is 1. The first-order chi connectivity index (χ1) is 13.4. The van der Waals surface area contributed by atoms with Crippen LogP contribution in [0.3, 0.4) is 0 Å². The number of amides is 3. The summed E-state index contributed by atoms with van der Waals surface area (Å²) in [6.07, 6.45) is 0.758. The van der Waals surface area contributed by atoms with Gasteiger partial charge in [-0.1, -0.05) is 18.2 Å². The van der Waals surface area contributed by atoms with Gasteiger partial charge in [0.15, 0.2) is 0 Å². The molecule has 8 nitrogen and oxygen atoms in total. The first-order valence-corrected chi connectivity index (χ1v) is 9.41. The maximum absolute atomic E-state index is 12.9. The Hall–Kier alpha value is -3.03. The maximum atomic E-state index is 12.9. The van der Waals surface area contributed by atoms with Crippen LogP contribution in [0.25, 0.3) is 0 Å². The zero-order valence-electron chi connectivity index (χ0n) is 17.7. The summed E-state index contributed by atoms with van der Waals surface area (Å²) in [6, 6.07) is 4.99. The number of nitrogens with zero attached hydrogens (tertiary/aromatic N) is 1. The van der Waals surface area contributed by atoms with Crippen LogP contribution in [0, 0.1) is 0 Å². The summed E-state index contributed by atoms with van der Waals surface area (Å²) >= 11 is 0. The molecule has 1 aromatic rings. The van der Waals surface area contributed by atoms with Crippen molar-refractivity contribution in [3.8, 4) is 5.75 Å². The minimum Gasteiger partial charge on any atom is -0.508 e. The minimum absolute atomic E-state index is 0.0253. The molecular formula is C21H31N3O5. The predicted octanol–water partition coefficient (Wildman–Crippen LogP) is 2.50. The molecule has 160 valence electrons. The van der Waals surface area contributed by atoms with Crippen LogP contribution >= 0.6 is 0 Å². The van der Waals surface area contributed by atoms with Crippen LogP contribution in [0.15, 0.2) is 36.9 Å². The highest BCUT2D eigenvalue weighted by Gasteiger charge is 2.31. The van der Waals surface area contributed by atoms with Gasteiger partial charge in [0.25, 0.3) is 0 Å². The number of carbonyl (C=O) groups is 3. The van der Waals surface area contributed by atoms with Gasteiger partial charge in [0.2, 0.25) is 11.8 Å². The van der Waals surface area contributed by atoms with E-state index in [1.54, 1.807) is 46.8 Å². The van der Waals surface area contributed by atoms with Crippen molar-refractivity contribution >= 4 is 17.9 Å². The molecule has 0 bridgehead atoms. The third-order valence-electron chi connectivity index (χ3n) is 3.61. The summed E-state index contributed by atoms with van der Waals surface area (Å²) in [5.74, 6) is -0.927. The molecule has 0 saturated carbocycles. The summed E-state index contributed by atoms with van der Waals surface area (Å²) in [5, 5.41) is 15.0. The Morgan fingerprint density at radius 3 is 2.45 bits per heavy atom. The number of phenols is 1. The number of hydrogen-bond acceptors (Lipinski definition) is 5. The van der Waals surface area contributed by atoms with Crippen molar-refractivity contribution in [2.45, 2.75) is 52.3 Å². The van der Waals surface area contributed by atoms with Gasteiger partial charge in [-0.25, -0.2) is 4.79 Å².